The van der Waals surface area contributed by atoms with Crippen LogP contribution in [0, 0.1) is 16.7 Å². The molecular weight excluding hydrogens is 278 g/mol. The third-order valence-corrected chi connectivity index (χ3v) is 4.23. The van der Waals surface area contributed by atoms with E-state index in [-0.39, 0.29) is 18.0 Å². The number of nitrogens with zero attached hydrogens (tertiary/aromatic N) is 1. The van der Waals surface area contributed by atoms with Crippen LogP contribution in [0.25, 0.3) is 0 Å². The standard InChI is InChI=1S/C18H19NO3/c1-3-22-17(21)18(11-7-10-15(18)20)16(13(2)12-19)14-8-5-4-6-9-14/h4-6,8-9,16H,2-3,7,10-11H2,1H3. The summed E-state index contributed by atoms with van der Waals surface area (Å²) in [4.78, 5) is 25.2. The second kappa shape index (κ2) is 6.57. The highest BCUT2D eigenvalue weighted by molar-refractivity contribution is 6.07. The van der Waals surface area contributed by atoms with Crippen LogP contribution in [-0.4, -0.2) is 18.4 Å². The quantitative estimate of drug-likeness (QED) is 0.475. The summed E-state index contributed by atoms with van der Waals surface area (Å²) < 4.78 is 5.19. The fourth-order valence-electron chi connectivity index (χ4n) is 3.28. The van der Waals surface area contributed by atoms with E-state index in [1.54, 1.807) is 6.92 Å². The van der Waals surface area contributed by atoms with Crippen molar-refractivity contribution >= 4 is 11.8 Å². The Balaban J connectivity index is 2.60. The molecule has 4 heteroatoms. The van der Waals surface area contributed by atoms with Gasteiger partial charge in [-0.2, -0.15) is 5.26 Å². The Morgan fingerprint density at radius 3 is 2.64 bits per heavy atom. The van der Waals surface area contributed by atoms with E-state index in [2.05, 4.69) is 6.58 Å². The number of ether oxygens (including phenoxy) is 1. The number of Topliss-reactive ketones (excluding diaryl/α,β-unsaturated/α-hetero) is 1. The van der Waals surface area contributed by atoms with Gasteiger partial charge in [-0.05, 0) is 25.3 Å². The Kier molecular flexibility index (Phi) is 4.77. The minimum Gasteiger partial charge on any atom is -0.465 e. The largest absolute Gasteiger partial charge is 0.465 e. The van der Waals surface area contributed by atoms with Crippen LogP contribution >= 0.6 is 0 Å². The van der Waals surface area contributed by atoms with Crippen LogP contribution in [0.5, 0.6) is 0 Å². The monoisotopic (exact) mass is 297 g/mol. The molecule has 1 fully saturated rings. The van der Waals surface area contributed by atoms with Gasteiger partial charge in [0.25, 0.3) is 0 Å². The molecule has 4 nitrogen and oxygen atoms in total. The molecule has 1 aromatic rings. The summed E-state index contributed by atoms with van der Waals surface area (Å²) >= 11 is 0. The average Bonchev–Trinajstić information content (AvgIpc) is 2.91. The molecule has 0 bridgehead atoms. The van der Waals surface area contributed by atoms with Crippen LogP contribution in [0.3, 0.4) is 0 Å². The van der Waals surface area contributed by atoms with E-state index in [1.807, 2.05) is 36.4 Å². The number of esters is 1. The van der Waals surface area contributed by atoms with Crippen molar-refractivity contribution in [2.75, 3.05) is 6.61 Å². The van der Waals surface area contributed by atoms with E-state index in [0.29, 0.717) is 19.3 Å². The first-order chi connectivity index (χ1) is 10.6. The van der Waals surface area contributed by atoms with Gasteiger partial charge in [0.1, 0.15) is 5.41 Å². The number of benzene rings is 1. The third kappa shape index (κ3) is 2.55. The molecule has 0 radical (unpaired) electrons. The van der Waals surface area contributed by atoms with Gasteiger partial charge < -0.3 is 4.74 Å². The number of ketones is 1. The van der Waals surface area contributed by atoms with Gasteiger partial charge in [-0.3, -0.25) is 9.59 Å². The van der Waals surface area contributed by atoms with Gasteiger partial charge in [-0.1, -0.05) is 36.9 Å². The first-order valence-corrected chi connectivity index (χ1v) is 7.42. The fourth-order valence-corrected chi connectivity index (χ4v) is 3.28. The zero-order chi connectivity index (χ0) is 16.2. The minimum absolute atomic E-state index is 0.156. The maximum atomic E-state index is 12.6. The van der Waals surface area contributed by atoms with Crippen LogP contribution in [-0.2, 0) is 14.3 Å². The van der Waals surface area contributed by atoms with Gasteiger partial charge in [0.05, 0.1) is 12.7 Å². The Hall–Kier alpha value is -2.41. The molecule has 2 unspecified atom stereocenters. The lowest BCUT2D eigenvalue weighted by Gasteiger charge is -2.33. The lowest BCUT2D eigenvalue weighted by molar-refractivity contribution is -0.159. The molecule has 0 aliphatic heterocycles. The Bertz CT molecular complexity index is 629. The Morgan fingerprint density at radius 2 is 2.14 bits per heavy atom. The average molecular weight is 297 g/mol. The van der Waals surface area contributed by atoms with E-state index < -0.39 is 17.3 Å². The summed E-state index contributed by atoms with van der Waals surface area (Å²) in [5.74, 6) is -1.35. The van der Waals surface area contributed by atoms with Crippen molar-refractivity contribution in [1.29, 1.82) is 5.26 Å². The molecule has 2 atom stereocenters. The van der Waals surface area contributed by atoms with Crippen molar-refractivity contribution in [2.45, 2.75) is 32.1 Å². The number of hydrogen-bond acceptors (Lipinski definition) is 4. The van der Waals surface area contributed by atoms with E-state index in [4.69, 9.17) is 4.74 Å². The lowest BCUT2D eigenvalue weighted by atomic mass is 9.67. The number of nitriles is 1. The van der Waals surface area contributed by atoms with Gasteiger partial charge in [-0.15, -0.1) is 0 Å². The number of rotatable bonds is 5. The lowest BCUT2D eigenvalue weighted by Crippen LogP contribution is -2.43. The maximum absolute atomic E-state index is 12.6. The Morgan fingerprint density at radius 1 is 1.45 bits per heavy atom. The van der Waals surface area contributed by atoms with E-state index in [1.165, 1.54) is 0 Å². The molecule has 1 aliphatic carbocycles. The van der Waals surface area contributed by atoms with E-state index in [9.17, 15) is 14.9 Å². The number of hydrogen-bond donors (Lipinski definition) is 0. The summed E-state index contributed by atoms with van der Waals surface area (Å²) in [6, 6.07) is 11.2. The summed E-state index contributed by atoms with van der Waals surface area (Å²) in [7, 11) is 0. The second-order valence-electron chi connectivity index (χ2n) is 5.45. The van der Waals surface area contributed by atoms with Gasteiger partial charge in [-0.25, -0.2) is 0 Å². The predicted molar refractivity (Wildman–Crippen MR) is 81.9 cm³/mol. The molecule has 0 N–H and O–H groups in total. The summed E-state index contributed by atoms with van der Waals surface area (Å²) in [6.07, 6.45) is 1.35. The van der Waals surface area contributed by atoms with Crippen molar-refractivity contribution < 1.29 is 14.3 Å². The van der Waals surface area contributed by atoms with Crippen LogP contribution in [0.2, 0.25) is 0 Å². The molecule has 1 aromatic carbocycles. The van der Waals surface area contributed by atoms with Crippen molar-refractivity contribution in [2.24, 2.45) is 5.41 Å². The topological polar surface area (TPSA) is 67.2 Å². The molecule has 22 heavy (non-hydrogen) atoms. The molecule has 0 heterocycles. The van der Waals surface area contributed by atoms with Crippen molar-refractivity contribution in [3.05, 3.63) is 48.0 Å². The number of carbonyl (C=O) groups excluding carboxylic acids is 2. The molecule has 0 amide bonds. The highest BCUT2D eigenvalue weighted by atomic mass is 16.5. The SMILES string of the molecule is C=C(C#N)C(c1ccccc1)C1(C(=O)OCC)CCCC1=O. The molecule has 114 valence electrons. The summed E-state index contributed by atoms with van der Waals surface area (Å²) in [5.41, 5.74) is -0.351. The molecule has 1 saturated carbocycles. The molecule has 2 rings (SSSR count). The highest BCUT2D eigenvalue weighted by Crippen LogP contribution is 2.50. The molecule has 0 aromatic heterocycles. The van der Waals surface area contributed by atoms with Crippen molar-refractivity contribution in [3.63, 3.8) is 0 Å². The number of carbonyl (C=O) groups is 2. The van der Waals surface area contributed by atoms with E-state index >= 15 is 0 Å². The smallest absolute Gasteiger partial charge is 0.320 e. The van der Waals surface area contributed by atoms with Gasteiger partial charge in [0.2, 0.25) is 0 Å². The zero-order valence-electron chi connectivity index (χ0n) is 12.7. The van der Waals surface area contributed by atoms with Crippen LogP contribution < -0.4 is 0 Å². The molecule has 1 aliphatic rings. The highest BCUT2D eigenvalue weighted by Gasteiger charge is 2.56. The van der Waals surface area contributed by atoms with Crippen molar-refractivity contribution in [1.82, 2.24) is 0 Å². The van der Waals surface area contributed by atoms with Gasteiger partial charge >= 0.3 is 5.97 Å². The third-order valence-electron chi connectivity index (χ3n) is 4.23. The first-order valence-electron chi connectivity index (χ1n) is 7.42. The predicted octanol–water partition coefficient (Wildman–Crippen LogP) is 3.15. The summed E-state index contributed by atoms with van der Waals surface area (Å²) in [6.45, 7) is 5.71. The maximum Gasteiger partial charge on any atom is 0.320 e. The van der Waals surface area contributed by atoms with E-state index in [0.717, 1.165) is 5.56 Å². The first kappa shape index (κ1) is 16.0. The molecular formula is C18H19NO3. The Labute approximate surface area is 130 Å². The normalized spacial score (nSPS) is 21.9. The van der Waals surface area contributed by atoms with Gasteiger partial charge in [0, 0.05) is 17.9 Å². The molecule has 0 spiro atoms. The summed E-state index contributed by atoms with van der Waals surface area (Å²) in [5, 5.41) is 9.33. The van der Waals surface area contributed by atoms with Crippen molar-refractivity contribution in [3.8, 4) is 6.07 Å². The number of allylic oxidation sites excluding steroid dienone is 1. The van der Waals surface area contributed by atoms with Crippen LogP contribution in [0.1, 0.15) is 37.7 Å². The fraction of sp³-hybridized carbons (Fsp3) is 0.389. The van der Waals surface area contributed by atoms with Crippen LogP contribution in [0.15, 0.2) is 42.5 Å². The van der Waals surface area contributed by atoms with Gasteiger partial charge in [0.15, 0.2) is 5.78 Å². The second-order valence-corrected chi connectivity index (χ2v) is 5.45. The van der Waals surface area contributed by atoms with Crippen LogP contribution in [0.4, 0.5) is 0 Å². The minimum atomic E-state index is -1.32. The molecule has 0 saturated heterocycles. The zero-order valence-corrected chi connectivity index (χ0v) is 12.7.